The zero-order valence-electron chi connectivity index (χ0n) is 8.96. The van der Waals surface area contributed by atoms with Gasteiger partial charge in [-0.25, -0.2) is 8.42 Å². The van der Waals surface area contributed by atoms with Crippen molar-refractivity contribution >= 4 is 21.6 Å². The largest absolute Gasteiger partial charge is 0.324 e. The number of hydrogen-bond acceptors (Lipinski definition) is 6. The molecular formula is C8H14N4O2S2. The van der Waals surface area contributed by atoms with E-state index in [9.17, 15) is 8.42 Å². The Morgan fingerprint density at radius 2 is 2.31 bits per heavy atom. The Bertz CT molecular complexity index is 482. The molecule has 0 aromatic carbocycles. The molecule has 0 radical (unpaired) electrons. The van der Waals surface area contributed by atoms with Crippen molar-refractivity contribution in [2.24, 2.45) is 12.8 Å². The predicted molar refractivity (Wildman–Crippen MR) is 61.8 cm³/mol. The average molecular weight is 262 g/mol. The van der Waals surface area contributed by atoms with Crippen LogP contribution in [0.5, 0.6) is 0 Å². The minimum atomic E-state index is -2.83. The quantitative estimate of drug-likeness (QED) is 0.793. The maximum absolute atomic E-state index is 11.3. The van der Waals surface area contributed by atoms with E-state index in [2.05, 4.69) is 10.2 Å². The van der Waals surface area contributed by atoms with E-state index in [-0.39, 0.29) is 16.8 Å². The molecule has 1 aromatic heterocycles. The summed E-state index contributed by atoms with van der Waals surface area (Å²) in [6.07, 6.45) is 0.692. The van der Waals surface area contributed by atoms with Gasteiger partial charge in [0.2, 0.25) is 0 Å². The van der Waals surface area contributed by atoms with E-state index in [0.29, 0.717) is 18.8 Å². The van der Waals surface area contributed by atoms with Gasteiger partial charge in [-0.15, -0.1) is 10.2 Å². The Balaban J connectivity index is 2.08. The van der Waals surface area contributed by atoms with Gasteiger partial charge in [0.1, 0.15) is 5.82 Å². The minimum Gasteiger partial charge on any atom is -0.324 e. The van der Waals surface area contributed by atoms with Crippen molar-refractivity contribution in [3.8, 4) is 0 Å². The normalized spacial score (nSPS) is 23.8. The van der Waals surface area contributed by atoms with Crippen molar-refractivity contribution < 1.29 is 8.42 Å². The minimum absolute atomic E-state index is 0.0959. The first-order chi connectivity index (χ1) is 7.52. The first-order valence-electron chi connectivity index (χ1n) is 4.97. The fourth-order valence-corrected chi connectivity index (χ4v) is 5.10. The lowest BCUT2D eigenvalue weighted by atomic mass is 10.4. The van der Waals surface area contributed by atoms with Crippen LogP contribution in [-0.2, 0) is 23.4 Å². The maximum atomic E-state index is 11.3. The third-order valence-electron chi connectivity index (χ3n) is 2.57. The molecule has 0 bridgehead atoms. The van der Waals surface area contributed by atoms with Crippen molar-refractivity contribution in [3.05, 3.63) is 5.82 Å². The molecule has 2 heterocycles. The standard InChI is InChI=1S/C8H14N4O2S2/c1-12-7(4-9)10-11-8(12)15-6-2-3-16(13,14)5-6/h6H,2-5,9H2,1H3. The highest BCUT2D eigenvalue weighted by Gasteiger charge is 2.29. The lowest BCUT2D eigenvalue weighted by Crippen LogP contribution is -2.09. The zero-order valence-corrected chi connectivity index (χ0v) is 10.6. The number of sulfone groups is 1. The van der Waals surface area contributed by atoms with Crippen LogP contribution in [-0.4, -0.2) is 39.9 Å². The van der Waals surface area contributed by atoms with Crippen LogP contribution in [0.1, 0.15) is 12.2 Å². The van der Waals surface area contributed by atoms with Crippen LogP contribution < -0.4 is 5.73 Å². The summed E-state index contributed by atoms with van der Waals surface area (Å²) in [4.78, 5) is 0. The molecule has 0 amide bonds. The monoisotopic (exact) mass is 262 g/mol. The Morgan fingerprint density at radius 3 is 2.81 bits per heavy atom. The van der Waals surface area contributed by atoms with Crippen molar-refractivity contribution in [2.45, 2.75) is 23.4 Å². The molecule has 1 atom stereocenters. The van der Waals surface area contributed by atoms with Gasteiger partial charge >= 0.3 is 0 Å². The first-order valence-corrected chi connectivity index (χ1v) is 7.67. The maximum Gasteiger partial charge on any atom is 0.191 e. The Hall–Kier alpha value is -0.600. The summed E-state index contributed by atoms with van der Waals surface area (Å²) in [7, 11) is -0.989. The summed E-state index contributed by atoms with van der Waals surface area (Å²) in [6.45, 7) is 0.340. The summed E-state index contributed by atoms with van der Waals surface area (Å²) in [6, 6.07) is 0. The second kappa shape index (κ2) is 4.34. The van der Waals surface area contributed by atoms with Crippen LogP contribution in [0.15, 0.2) is 5.16 Å². The van der Waals surface area contributed by atoms with Gasteiger partial charge in [-0.1, -0.05) is 11.8 Å². The summed E-state index contributed by atoms with van der Waals surface area (Å²) in [5, 5.41) is 8.76. The van der Waals surface area contributed by atoms with Crippen LogP contribution in [0.3, 0.4) is 0 Å². The number of aromatic nitrogens is 3. The van der Waals surface area contributed by atoms with E-state index in [4.69, 9.17) is 5.73 Å². The van der Waals surface area contributed by atoms with Crippen molar-refractivity contribution in [1.82, 2.24) is 14.8 Å². The zero-order chi connectivity index (χ0) is 11.8. The predicted octanol–water partition coefficient (Wildman–Crippen LogP) is -0.447. The van der Waals surface area contributed by atoms with Crippen LogP contribution in [0.25, 0.3) is 0 Å². The lowest BCUT2D eigenvalue weighted by Gasteiger charge is -2.06. The molecule has 0 aliphatic carbocycles. The lowest BCUT2D eigenvalue weighted by molar-refractivity contribution is 0.602. The molecule has 0 saturated carbocycles. The first kappa shape index (κ1) is 11.9. The van der Waals surface area contributed by atoms with Gasteiger partial charge in [-0.3, -0.25) is 0 Å². The SMILES string of the molecule is Cn1c(CN)nnc1SC1CCS(=O)(=O)C1. The van der Waals surface area contributed by atoms with Gasteiger partial charge in [-0.05, 0) is 6.42 Å². The van der Waals surface area contributed by atoms with Gasteiger partial charge in [-0.2, -0.15) is 0 Å². The van der Waals surface area contributed by atoms with Gasteiger partial charge in [0, 0.05) is 12.3 Å². The third kappa shape index (κ3) is 2.38. The summed E-state index contributed by atoms with van der Waals surface area (Å²) in [5.41, 5.74) is 5.49. The van der Waals surface area contributed by atoms with E-state index < -0.39 is 9.84 Å². The molecule has 8 heteroatoms. The fourth-order valence-electron chi connectivity index (χ4n) is 1.63. The van der Waals surface area contributed by atoms with Crippen molar-refractivity contribution in [2.75, 3.05) is 11.5 Å². The van der Waals surface area contributed by atoms with Gasteiger partial charge < -0.3 is 10.3 Å². The highest BCUT2D eigenvalue weighted by Crippen LogP contribution is 2.29. The molecule has 0 spiro atoms. The fraction of sp³-hybridized carbons (Fsp3) is 0.750. The Kier molecular flexibility index (Phi) is 3.22. The number of thioether (sulfide) groups is 1. The molecule has 1 aliphatic rings. The van der Waals surface area contributed by atoms with E-state index in [0.717, 1.165) is 5.16 Å². The summed E-state index contributed by atoms with van der Waals surface area (Å²) < 4.78 is 24.4. The molecule has 2 N–H and O–H groups in total. The summed E-state index contributed by atoms with van der Waals surface area (Å²) in [5.74, 6) is 1.23. The highest BCUT2D eigenvalue weighted by molar-refractivity contribution is 8.01. The molecule has 1 fully saturated rings. The van der Waals surface area contributed by atoms with Gasteiger partial charge in [0.25, 0.3) is 0 Å². The molecule has 2 rings (SSSR count). The van der Waals surface area contributed by atoms with E-state index in [1.807, 2.05) is 11.6 Å². The number of nitrogens with two attached hydrogens (primary N) is 1. The van der Waals surface area contributed by atoms with E-state index in [1.165, 1.54) is 11.8 Å². The highest BCUT2D eigenvalue weighted by atomic mass is 32.2. The van der Waals surface area contributed by atoms with Crippen LogP contribution in [0.2, 0.25) is 0 Å². The van der Waals surface area contributed by atoms with Crippen molar-refractivity contribution in [3.63, 3.8) is 0 Å². The summed E-state index contributed by atoms with van der Waals surface area (Å²) >= 11 is 1.47. The smallest absolute Gasteiger partial charge is 0.191 e. The molecule has 90 valence electrons. The molecule has 1 saturated heterocycles. The average Bonchev–Trinajstić information content (AvgIpc) is 2.72. The third-order valence-corrected chi connectivity index (χ3v) is 5.85. The second-order valence-corrected chi connectivity index (χ2v) is 7.30. The van der Waals surface area contributed by atoms with E-state index in [1.54, 1.807) is 0 Å². The molecular weight excluding hydrogens is 248 g/mol. The number of hydrogen-bond donors (Lipinski definition) is 1. The molecule has 6 nitrogen and oxygen atoms in total. The van der Waals surface area contributed by atoms with Crippen molar-refractivity contribution in [1.29, 1.82) is 0 Å². The Labute approximate surface area is 98.5 Å². The Morgan fingerprint density at radius 1 is 1.56 bits per heavy atom. The number of rotatable bonds is 3. The second-order valence-electron chi connectivity index (χ2n) is 3.80. The van der Waals surface area contributed by atoms with Gasteiger partial charge in [0.15, 0.2) is 15.0 Å². The van der Waals surface area contributed by atoms with Crippen LogP contribution >= 0.6 is 11.8 Å². The molecule has 1 aliphatic heterocycles. The van der Waals surface area contributed by atoms with Gasteiger partial charge in [0.05, 0.1) is 18.1 Å². The number of nitrogens with zero attached hydrogens (tertiary/aromatic N) is 3. The van der Waals surface area contributed by atoms with E-state index >= 15 is 0 Å². The molecule has 1 unspecified atom stereocenters. The van der Waals surface area contributed by atoms with Crippen LogP contribution in [0.4, 0.5) is 0 Å². The topological polar surface area (TPSA) is 90.9 Å². The van der Waals surface area contributed by atoms with Crippen LogP contribution in [0, 0.1) is 0 Å². The molecule has 1 aromatic rings. The molecule has 16 heavy (non-hydrogen) atoms.